The van der Waals surface area contributed by atoms with Crippen molar-refractivity contribution in [3.63, 3.8) is 0 Å². The van der Waals surface area contributed by atoms with Gasteiger partial charge in [0, 0.05) is 17.8 Å². The van der Waals surface area contributed by atoms with E-state index in [1.165, 1.54) is 12.8 Å². The van der Waals surface area contributed by atoms with Crippen LogP contribution in [0.15, 0.2) is 0 Å². The molecule has 2 amide bonds. The summed E-state index contributed by atoms with van der Waals surface area (Å²) in [5.74, 6) is 1.61. The number of aliphatic hydroxyl groups is 1. The van der Waals surface area contributed by atoms with E-state index in [0.29, 0.717) is 12.0 Å². The van der Waals surface area contributed by atoms with Crippen LogP contribution in [0, 0.1) is 5.92 Å². The van der Waals surface area contributed by atoms with Crippen molar-refractivity contribution in [1.82, 2.24) is 10.6 Å². The number of aliphatic hydroxyl groups excluding tert-OH is 1. The van der Waals surface area contributed by atoms with Crippen LogP contribution in [-0.2, 0) is 0 Å². The van der Waals surface area contributed by atoms with Gasteiger partial charge < -0.3 is 15.7 Å². The monoisotopic (exact) mass is 328 g/mol. The number of hydrogen-bond acceptors (Lipinski definition) is 3. The van der Waals surface area contributed by atoms with Crippen molar-refractivity contribution in [1.29, 1.82) is 0 Å². The molecule has 2 fully saturated rings. The summed E-state index contributed by atoms with van der Waals surface area (Å²) in [5.41, 5.74) is 0. The summed E-state index contributed by atoms with van der Waals surface area (Å²) in [7, 11) is 0. The molecule has 0 saturated heterocycles. The van der Waals surface area contributed by atoms with Crippen LogP contribution < -0.4 is 10.6 Å². The fourth-order valence-corrected chi connectivity index (χ4v) is 4.93. The van der Waals surface area contributed by atoms with E-state index >= 15 is 0 Å². The zero-order chi connectivity index (χ0) is 15.8. The van der Waals surface area contributed by atoms with Crippen LogP contribution in [0.4, 0.5) is 4.79 Å². The molecule has 0 aromatic rings. The number of amides is 2. The number of carbonyl (C=O) groups excluding carboxylic acids is 1. The fourth-order valence-electron chi connectivity index (χ4n) is 3.79. The summed E-state index contributed by atoms with van der Waals surface area (Å²) in [6.45, 7) is 2.91. The summed E-state index contributed by atoms with van der Waals surface area (Å²) < 4.78 is 0. The quantitative estimate of drug-likeness (QED) is 0.629. The largest absolute Gasteiger partial charge is 0.393 e. The van der Waals surface area contributed by atoms with Gasteiger partial charge in [0.05, 0.1) is 6.10 Å². The molecule has 4 unspecified atom stereocenters. The molecule has 128 valence electrons. The van der Waals surface area contributed by atoms with Gasteiger partial charge >= 0.3 is 6.03 Å². The lowest BCUT2D eigenvalue weighted by Crippen LogP contribution is -2.41. The molecule has 0 aliphatic heterocycles. The van der Waals surface area contributed by atoms with Crippen LogP contribution in [0.2, 0.25) is 0 Å². The van der Waals surface area contributed by atoms with E-state index in [1.54, 1.807) is 0 Å². The Kier molecular flexibility index (Phi) is 7.87. The first-order valence-corrected chi connectivity index (χ1v) is 10.1. The molecule has 22 heavy (non-hydrogen) atoms. The highest BCUT2D eigenvalue weighted by Gasteiger charge is 2.26. The van der Waals surface area contributed by atoms with Crippen LogP contribution in [0.5, 0.6) is 0 Å². The Morgan fingerprint density at radius 1 is 1.23 bits per heavy atom. The Morgan fingerprint density at radius 3 is 2.82 bits per heavy atom. The van der Waals surface area contributed by atoms with Gasteiger partial charge in [-0.2, -0.15) is 11.8 Å². The van der Waals surface area contributed by atoms with Crippen LogP contribution in [0.3, 0.4) is 0 Å². The third-order valence-corrected chi connectivity index (χ3v) is 6.26. The van der Waals surface area contributed by atoms with E-state index < -0.39 is 0 Å². The third kappa shape index (κ3) is 5.99. The van der Waals surface area contributed by atoms with E-state index in [4.69, 9.17) is 0 Å². The number of nitrogens with one attached hydrogen (secondary N) is 2. The molecule has 3 N–H and O–H groups in total. The summed E-state index contributed by atoms with van der Waals surface area (Å²) >= 11 is 2.01. The molecule has 4 nitrogen and oxygen atoms in total. The molecule has 0 heterocycles. The number of hydrogen-bond donors (Lipinski definition) is 3. The van der Waals surface area contributed by atoms with Gasteiger partial charge in [0.1, 0.15) is 0 Å². The van der Waals surface area contributed by atoms with Crippen LogP contribution >= 0.6 is 11.8 Å². The van der Waals surface area contributed by atoms with E-state index in [1.807, 2.05) is 11.8 Å². The van der Waals surface area contributed by atoms with Gasteiger partial charge in [-0.15, -0.1) is 0 Å². The van der Waals surface area contributed by atoms with Crippen molar-refractivity contribution in [2.45, 2.75) is 82.1 Å². The molecule has 4 atom stereocenters. The normalized spacial score (nSPS) is 31.9. The van der Waals surface area contributed by atoms with Gasteiger partial charge in [0.15, 0.2) is 0 Å². The van der Waals surface area contributed by atoms with Crippen molar-refractivity contribution in [2.24, 2.45) is 5.92 Å². The minimum atomic E-state index is -0.117. The third-order valence-electron chi connectivity index (χ3n) is 5.03. The van der Waals surface area contributed by atoms with Crippen LogP contribution in [0.25, 0.3) is 0 Å². The minimum absolute atomic E-state index is 0.0173. The first-order valence-electron chi connectivity index (χ1n) is 9.03. The maximum atomic E-state index is 11.9. The SMILES string of the molecule is CCSC1CCC(NC(=O)NCCCC2CCCCC2O)C1. The lowest BCUT2D eigenvalue weighted by Gasteiger charge is -2.27. The number of urea groups is 1. The van der Waals surface area contributed by atoms with E-state index in [2.05, 4.69) is 17.6 Å². The van der Waals surface area contributed by atoms with Crippen molar-refractivity contribution in [3.05, 3.63) is 0 Å². The molecule has 5 heteroatoms. The average molecular weight is 329 g/mol. The lowest BCUT2D eigenvalue weighted by molar-refractivity contribution is 0.0644. The van der Waals surface area contributed by atoms with Crippen molar-refractivity contribution < 1.29 is 9.90 Å². The minimum Gasteiger partial charge on any atom is -0.393 e. The first-order chi connectivity index (χ1) is 10.7. The Hall–Kier alpha value is -0.420. The van der Waals surface area contributed by atoms with Crippen LogP contribution in [0.1, 0.15) is 64.7 Å². The molecule has 2 saturated carbocycles. The summed E-state index contributed by atoms with van der Waals surface area (Å²) in [5, 5.41) is 16.7. The number of thioether (sulfide) groups is 1. The van der Waals surface area contributed by atoms with Crippen molar-refractivity contribution in [3.8, 4) is 0 Å². The fraction of sp³-hybridized carbons (Fsp3) is 0.941. The Morgan fingerprint density at radius 2 is 2.05 bits per heavy atom. The lowest BCUT2D eigenvalue weighted by atomic mass is 9.83. The second kappa shape index (κ2) is 9.66. The summed E-state index contributed by atoms with van der Waals surface area (Å²) in [4.78, 5) is 11.9. The smallest absolute Gasteiger partial charge is 0.315 e. The van der Waals surface area contributed by atoms with Gasteiger partial charge in [-0.05, 0) is 56.6 Å². The topological polar surface area (TPSA) is 61.4 Å². The van der Waals surface area contributed by atoms with Gasteiger partial charge in [-0.25, -0.2) is 4.79 Å². The molecule has 2 rings (SSSR count). The zero-order valence-corrected chi connectivity index (χ0v) is 14.7. The molecule has 2 aliphatic rings. The second-order valence-corrected chi connectivity index (χ2v) is 8.32. The zero-order valence-electron chi connectivity index (χ0n) is 13.9. The molecular weight excluding hydrogens is 296 g/mol. The maximum absolute atomic E-state index is 11.9. The van der Waals surface area contributed by atoms with Gasteiger partial charge in [0.25, 0.3) is 0 Å². The number of carbonyl (C=O) groups is 1. The Bertz CT molecular complexity index is 341. The standard InChI is InChI=1S/C17H32N2O2S/c1-2-22-15-10-9-14(12-15)19-17(21)18-11-5-7-13-6-3-4-8-16(13)20/h13-16,20H,2-12H2,1H3,(H2,18,19,21). The molecule has 0 bridgehead atoms. The second-order valence-electron chi connectivity index (χ2n) is 6.74. The van der Waals surface area contributed by atoms with Crippen molar-refractivity contribution >= 4 is 17.8 Å². The predicted octanol–water partition coefficient (Wildman–Crippen LogP) is 3.29. The molecular formula is C17H32N2O2S. The molecule has 0 radical (unpaired) electrons. The molecule has 0 aromatic carbocycles. The summed E-state index contributed by atoms with van der Waals surface area (Å²) in [6.07, 6.45) is 9.83. The van der Waals surface area contributed by atoms with Gasteiger partial charge in [-0.1, -0.05) is 19.8 Å². The summed E-state index contributed by atoms with van der Waals surface area (Å²) in [6, 6.07) is 0.334. The van der Waals surface area contributed by atoms with Crippen LogP contribution in [-0.4, -0.2) is 40.8 Å². The van der Waals surface area contributed by atoms with Gasteiger partial charge in [-0.3, -0.25) is 0 Å². The highest BCUT2D eigenvalue weighted by molar-refractivity contribution is 7.99. The average Bonchev–Trinajstić information content (AvgIpc) is 2.93. The highest BCUT2D eigenvalue weighted by Crippen LogP contribution is 2.29. The Labute approximate surface area is 139 Å². The maximum Gasteiger partial charge on any atom is 0.315 e. The Balaban J connectivity index is 1.52. The molecule has 2 aliphatic carbocycles. The van der Waals surface area contributed by atoms with E-state index in [-0.39, 0.29) is 12.1 Å². The van der Waals surface area contributed by atoms with E-state index in [0.717, 1.165) is 62.5 Å². The molecule has 0 spiro atoms. The predicted molar refractivity (Wildman–Crippen MR) is 93.3 cm³/mol. The first kappa shape index (κ1) is 17.9. The molecule has 0 aromatic heterocycles. The highest BCUT2D eigenvalue weighted by atomic mass is 32.2. The van der Waals surface area contributed by atoms with E-state index in [9.17, 15) is 9.90 Å². The van der Waals surface area contributed by atoms with Crippen molar-refractivity contribution in [2.75, 3.05) is 12.3 Å². The van der Waals surface area contributed by atoms with Gasteiger partial charge in [0.2, 0.25) is 0 Å². The number of rotatable bonds is 7.